The molecule has 7 heteroatoms. The fourth-order valence-electron chi connectivity index (χ4n) is 5.17. The van der Waals surface area contributed by atoms with Crippen molar-refractivity contribution in [2.75, 3.05) is 26.3 Å². The van der Waals surface area contributed by atoms with Crippen LogP contribution in [0.4, 0.5) is 0 Å². The molecule has 0 spiro atoms. The first-order valence-corrected chi connectivity index (χ1v) is 12.9. The van der Waals surface area contributed by atoms with Crippen LogP contribution >= 0.6 is 0 Å². The Morgan fingerprint density at radius 3 is 2.23 bits per heavy atom. The lowest BCUT2D eigenvalue weighted by molar-refractivity contribution is -0.742. The zero-order valence-corrected chi connectivity index (χ0v) is 19.9. The second kappa shape index (κ2) is 18.6. The highest BCUT2D eigenvalue weighted by Crippen LogP contribution is 2.29. The second-order valence-corrected chi connectivity index (χ2v) is 9.32. The molecule has 1 aliphatic carbocycles. The lowest BCUT2D eigenvalue weighted by Gasteiger charge is -2.41. The Morgan fingerprint density at radius 2 is 1.58 bits per heavy atom. The Balaban J connectivity index is 0.00000110. The summed E-state index contributed by atoms with van der Waals surface area (Å²) < 4.78 is 6.28. The van der Waals surface area contributed by atoms with Gasteiger partial charge in [0.25, 0.3) is 5.09 Å². The van der Waals surface area contributed by atoms with Crippen LogP contribution in [0.3, 0.4) is 0 Å². The summed E-state index contributed by atoms with van der Waals surface area (Å²) in [5, 5.41) is 23.0. The fourth-order valence-corrected chi connectivity index (χ4v) is 5.17. The van der Waals surface area contributed by atoms with Gasteiger partial charge in [0.05, 0.1) is 12.7 Å². The van der Waals surface area contributed by atoms with Crippen molar-refractivity contribution in [2.45, 2.75) is 122 Å². The Kier molecular flexibility index (Phi) is 16.9. The summed E-state index contributed by atoms with van der Waals surface area (Å²) in [6.45, 7) is 5.76. The molecular weight excluding hydrogens is 396 g/mol. The highest BCUT2D eigenvalue weighted by atomic mass is 16.9. The minimum Gasteiger partial charge on any atom is -0.396 e. The Morgan fingerprint density at radius 1 is 1.00 bits per heavy atom. The van der Waals surface area contributed by atoms with Crippen LogP contribution in [-0.4, -0.2) is 58.7 Å². The van der Waals surface area contributed by atoms with E-state index in [0.29, 0.717) is 18.8 Å². The molecule has 1 saturated carbocycles. The van der Waals surface area contributed by atoms with Crippen LogP contribution in [0.25, 0.3) is 0 Å². The number of morpholine rings is 1. The Hall–Kier alpha value is -0.920. The summed E-state index contributed by atoms with van der Waals surface area (Å²) >= 11 is 0. The molecule has 2 atom stereocenters. The summed E-state index contributed by atoms with van der Waals surface area (Å²) in [5.74, 6) is 0.778. The van der Waals surface area contributed by atoms with Gasteiger partial charge in [-0.3, -0.25) is 4.90 Å². The second-order valence-electron chi connectivity index (χ2n) is 9.32. The van der Waals surface area contributed by atoms with Crippen LogP contribution in [0, 0.1) is 16.0 Å². The molecular formula is C24H48N2O5. The van der Waals surface area contributed by atoms with Gasteiger partial charge in [0.15, 0.2) is 0 Å². The number of hydrogen-bond acceptors (Lipinski definition) is 5. The molecule has 0 aromatic carbocycles. The molecule has 2 rings (SSSR count). The van der Waals surface area contributed by atoms with Crippen molar-refractivity contribution in [3.8, 4) is 0 Å². The van der Waals surface area contributed by atoms with E-state index in [1.165, 1.54) is 89.9 Å². The SMILES string of the molecule is CCCCCCCCC(CCCO)N1CCOC(C2CCCCCCC2)C1.O=[N+]([O-])O. The van der Waals surface area contributed by atoms with Gasteiger partial charge in [-0.2, -0.15) is 0 Å². The van der Waals surface area contributed by atoms with Crippen molar-refractivity contribution < 1.29 is 20.1 Å². The van der Waals surface area contributed by atoms with Crippen molar-refractivity contribution in [2.24, 2.45) is 5.92 Å². The number of hydrogen-bond donors (Lipinski definition) is 2. The van der Waals surface area contributed by atoms with E-state index in [4.69, 9.17) is 20.1 Å². The maximum atomic E-state index is 9.35. The van der Waals surface area contributed by atoms with Gasteiger partial charge in [-0.1, -0.05) is 77.6 Å². The topological polar surface area (TPSA) is 96.1 Å². The molecule has 2 unspecified atom stereocenters. The van der Waals surface area contributed by atoms with Crippen molar-refractivity contribution >= 4 is 0 Å². The molecule has 0 aromatic heterocycles. The van der Waals surface area contributed by atoms with Crippen LogP contribution in [0.15, 0.2) is 0 Å². The lowest BCUT2D eigenvalue weighted by Crippen LogP contribution is -2.50. The molecule has 1 aliphatic heterocycles. The van der Waals surface area contributed by atoms with Crippen LogP contribution in [0.2, 0.25) is 0 Å². The molecule has 2 fully saturated rings. The highest BCUT2D eigenvalue weighted by molar-refractivity contribution is 4.83. The van der Waals surface area contributed by atoms with Gasteiger partial charge in [0, 0.05) is 25.7 Å². The van der Waals surface area contributed by atoms with E-state index in [-0.39, 0.29) is 0 Å². The first-order chi connectivity index (χ1) is 15.1. The minimum absolute atomic E-state index is 0.337. The first kappa shape index (κ1) is 28.1. The van der Waals surface area contributed by atoms with E-state index in [1.807, 2.05) is 0 Å². The monoisotopic (exact) mass is 444 g/mol. The van der Waals surface area contributed by atoms with Crippen LogP contribution in [0.1, 0.15) is 110 Å². The summed E-state index contributed by atoms with van der Waals surface area (Å²) in [5.41, 5.74) is 0. The van der Waals surface area contributed by atoms with Gasteiger partial charge in [0.1, 0.15) is 0 Å². The van der Waals surface area contributed by atoms with Gasteiger partial charge in [-0.05, 0) is 38.0 Å². The van der Waals surface area contributed by atoms with Gasteiger partial charge in [-0.15, -0.1) is 10.1 Å². The van der Waals surface area contributed by atoms with E-state index in [1.54, 1.807) is 0 Å². The molecule has 2 aliphatic rings. The van der Waals surface area contributed by atoms with Crippen molar-refractivity contribution in [1.29, 1.82) is 0 Å². The van der Waals surface area contributed by atoms with Crippen LogP contribution < -0.4 is 0 Å². The molecule has 0 radical (unpaired) electrons. The smallest absolute Gasteiger partial charge is 0.291 e. The number of nitrogens with zero attached hydrogens (tertiary/aromatic N) is 2. The normalized spacial score (nSPS) is 22.1. The van der Waals surface area contributed by atoms with E-state index < -0.39 is 5.09 Å². The molecule has 184 valence electrons. The first-order valence-electron chi connectivity index (χ1n) is 12.9. The number of aliphatic hydroxyl groups is 1. The number of ether oxygens (including phenoxy) is 1. The largest absolute Gasteiger partial charge is 0.396 e. The van der Waals surface area contributed by atoms with E-state index in [0.717, 1.165) is 38.5 Å². The molecule has 7 nitrogen and oxygen atoms in total. The number of aliphatic hydroxyl groups excluding tert-OH is 1. The third-order valence-corrected chi connectivity index (χ3v) is 6.90. The Labute approximate surface area is 189 Å². The van der Waals surface area contributed by atoms with E-state index in [9.17, 15) is 5.11 Å². The highest BCUT2D eigenvalue weighted by Gasteiger charge is 2.31. The molecule has 1 heterocycles. The predicted molar refractivity (Wildman–Crippen MR) is 124 cm³/mol. The molecule has 2 N–H and O–H groups in total. The van der Waals surface area contributed by atoms with E-state index in [2.05, 4.69) is 11.8 Å². The zero-order valence-electron chi connectivity index (χ0n) is 19.9. The number of rotatable bonds is 12. The van der Waals surface area contributed by atoms with Crippen molar-refractivity contribution in [1.82, 2.24) is 4.90 Å². The molecule has 0 bridgehead atoms. The Bertz CT molecular complexity index is 426. The van der Waals surface area contributed by atoms with Gasteiger partial charge in [0.2, 0.25) is 0 Å². The quantitative estimate of drug-likeness (QED) is 0.231. The number of unbranched alkanes of at least 4 members (excludes halogenated alkanes) is 5. The summed E-state index contributed by atoms with van der Waals surface area (Å²) in [6.07, 6.45) is 21.9. The third kappa shape index (κ3) is 14.0. The van der Waals surface area contributed by atoms with Crippen LogP contribution in [0.5, 0.6) is 0 Å². The maximum absolute atomic E-state index is 9.35. The van der Waals surface area contributed by atoms with E-state index >= 15 is 0 Å². The maximum Gasteiger partial charge on any atom is 0.291 e. The average molecular weight is 445 g/mol. The predicted octanol–water partition coefficient (Wildman–Crippen LogP) is 5.59. The fraction of sp³-hybridized carbons (Fsp3) is 1.00. The molecule has 1 saturated heterocycles. The van der Waals surface area contributed by atoms with Gasteiger partial charge in [-0.25, -0.2) is 0 Å². The third-order valence-electron chi connectivity index (χ3n) is 6.90. The van der Waals surface area contributed by atoms with Crippen molar-refractivity contribution in [3.05, 3.63) is 10.1 Å². The van der Waals surface area contributed by atoms with Gasteiger partial charge < -0.3 is 15.1 Å². The molecule has 31 heavy (non-hydrogen) atoms. The minimum atomic E-state index is -1.50. The molecule has 0 aromatic rings. The summed E-state index contributed by atoms with van der Waals surface area (Å²) in [7, 11) is 0. The lowest BCUT2D eigenvalue weighted by atomic mass is 9.86. The van der Waals surface area contributed by atoms with Crippen molar-refractivity contribution in [3.63, 3.8) is 0 Å². The molecule has 0 amide bonds. The standard InChI is InChI=1S/C24H47NO2.HNO3/c1-2-3-4-5-9-12-16-23(17-13-19-26)25-18-20-27-24(21-25)22-14-10-7-6-8-11-15-22;2-1(3)4/h22-24,26H,2-21H2,1H3;(H,2,3,4). The zero-order chi connectivity index (χ0) is 22.7. The average Bonchev–Trinajstić information content (AvgIpc) is 2.72. The van der Waals surface area contributed by atoms with Gasteiger partial charge >= 0.3 is 0 Å². The van der Waals surface area contributed by atoms with Crippen LogP contribution in [-0.2, 0) is 4.74 Å². The summed E-state index contributed by atoms with van der Waals surface area (Å²) in [4.78, 5) is 11.1. The summed E-state index contributed by atoms with van der Waals surface area (Å²) in [6, 6.07) is 0.656.